The van der Waals surface area contributed by atoms with E-state index >= 15 is 0 Å². The fraction of sp³-hybridized carbons (Fsp3) is 0.400. The zero-order valence-corrected chi connectivity index (χ0v) is 9.84. The van der Waals surface area contributed by atoms with Crippen molar-refractivity contribution in [3.8, 4) is 0 Å². The van der Waals surface area contributed by atoms with E-state index in [4.69, 9.17) is 9.15 Å². The molecule has 0 radical (unpaired) electrons. The Morgan fingerprint density at radius 2 is 2.50 bits per heavy atom. The van der Waals surface area contributed by atoms with Gasteiger partial charge in [0.1, 0.15) is 18.4 Å². The number of ether oxygens (including phenoxy) is 1. The van der Waals surface area contributed by atoms with Crippen LogP contribution in [0.25, 0.3) is 0 Å². The Hall–Kier alpha value is -2.38. The van der Waals surface area contributed by atoms with E-state index in [-0.39, 0.29) is 11.7 Å². The van der Waals surface area contributed by atoms with Gasteiger partial charge >= 0.3 is 5.97 Å². The van der Waals surface area contributed by atoms with Gasteiger partial charge in [0.05, 0.1) is 6.61 Å². The molecule has 0 fully saturated rings. The summed E-state index contributed by atoms with van der Waals surface area (Å²) in [5.74, 6) is 0.268. The number of aromatic amines is 1. The van der Waals surface area contributed by atoms with Gasteiger partial charge in [-0.3, -0.25) is 5.10 Å². The Balaban J connectivity index is 1.81. The minimum absolute atomic E-state index is 0.152. The molecule has 0 saturated carbocycles. The van der Waals surface area contributed by atoms with Gasteiger partial charge in [-0.1, -0.05) is 0 Å². The van der Waals surface area contributed by atoms with Gasteiger partial charge in [-0.2, -0.15) is 10.1 Å². The summed E-state index contributed by atoms with van der Waals surface area (Å²) >= 11 is 0. The molecule has 0 spiro atoms. The van der Waals surface area contributed by atoms with E-state index in [1.807, 2.05) is 0 Å². The number of nitrogens with one attached hydrogen (secondary N) is 2. The molecule has 2 aromatic heterocycles. The average molecular weight is 251 g/mol. The highest BCUT2D eigenvalue weighted by atomic mass is 16.5. The maximum atomic E-state index is 11.3. The Morgan fingerprint density at radius 1 is 1.61 bits per heavy atom. The monoisotopic (exact) mass is 251 g/mol. The van der Waals surface area contributed by atoms with E-state index in [0.717, 1.165) is 5.82 Å². The van der Waals surface area contributed by atoms with Crippen molar-refractivity contribution in [2.45, 2.75) is 13.3 Å². The van der Waals surface area contributed by atoms with Gasteiger partial charge < -0.3 is 14.5 Å². The fourth-order valence-corrected chi connectivity index (χ4v) is 1.29. The Labute approximate surface area is 103 Å². The zero-order valence-electron chi connectivity index (χ0n) is 9.84. The number of hydrogen-bond donors (Lipinski definition) is 2. The number of H-pyrrole nitrogens is 1. The van der Waals surface area contributed by atoms with Crippen molar-refractivity contribution in [1.29, 1.82) is 0 Å². The molecule has 0 amide bonds. The molecule has 18 heavy (non-hydrogen) atoms. The van der Waals surface area contributed by atoms with Crippen LogP contribution in [0.1, 0.15) is 23.2 Å². The van der Waals surface area contributed by atoms with E-state index < -0.39 is 5.97 Å². The summed E-state index contributed by atoms with van der Waals surface area (Å²) in [5, 5.41) is 9.40. The first-order valence-corrected chi connectivity index (χ1v) is 5.50. The largest absolute Gasteiger partial charge is 0.461 e. The molecule has 2 N–H and O–H groups in total. The van der Waals surface area contributed by atoms with E-state index in [0.29, 0.717) is 19.6 Å². The lowest BCUT2D eigenvalue weighted by Gasteiger charge is -1.98. The minimum atomic E-state index is -0.496. The highest BCUT2D eigenvalue weighted by Gasteiger charge is 2.12. The molecule has 2 heterocycles. The summed E-state index contributed by atoms with van der Waals surface area (Å²) in [4.78, 5) is 19.2. The standard InChI is InChI=1S/C10H13N5O3/c1-2-17-9(16)7-5-18-10(14-7)11-4-3-8-12-6-13-15-8/h5-6H,2-4H2,1H3,(H,11,14)(H,12,13,15). The minimum Gasteiger partial charge on any atom is -0.461 e. The highest BCUT2D eigenvalue weighted by molar-refractivity contribution is 5.87. The van der Waals surface area contributed by atoms with E-state index in [9.17, 15) is 4.79 Å². The van der Waals surface area contributed by atoms with Crippen LogP contribution in [0.4, 0.5) is 6.01 Å². The van der Waals surface area contributed by atoms with Gasteiger partial charge in [-0.05, 0) is 6.92 Å². The number of aromatic nitrogens is 4. The average Bonchev–Trinajstić information content (AvgIpc) is 3.00. The van der Waals surface area contributed by atoms with Crippen LogP contribution >= 0.6 is 0 Å². The molecule has 8 heteroatoms. The van der Waals surface area contributed by atoms with Crippen LogP contribution in [0.2, 0.25) is 0 Å². The molecule has 8 nitrogen and oxygen atoms in total. The number of anilines is 1. The number of nitrogens with zero attached hydrogens (tertiary/aromatic N) is 3. The molecular formula is C10H13N5O3. The van der Waals surface area contributed by atoms with Crippen molar-refractivity contribution in [2.24, 2.45) is 0 Å². The first-order valence-electron chi connectivity index (χ1n) is 5.50. The second-order valence-electron chi connectivity index (χ2n) is 3.37. The number of esters is 1. The molecule has 0 aliphatic heterocycles. The van der Waals surface area contributed by atoms with Crippen molar-refractivity contribution < 1.29 is 13.9 Å². The van der Waals surface area contributed by atoms with E-state index in [1.165, 1.54) is 12.6 Å². The predicted octanol–water partition coefficient (Wildman–Crippen LogP) is 0.624. The third-order valence-electron chi connectivity index (χ3n) is 2.09. The number of carbonyl (C=O) groups excluding carboxylic acids is 1. The first-order chi connectivity index (χ1) is 8.79. The third-order valence-corrected chi connectivity index (χ3v) is 2.09. The van der Waals surface area contributed by atoms with Crippen molar-refractivity contribution in [3.63, 3.8) is 0 Å². The first kappa shape index (κ1) is 12.1. The van der Waals surface area contributed by atoms with E-state index in [1.54, 1.807) is 6.92 Å². The van der Waals surface area contributed by atoms with Crippen molar-refractivity contribution in [1.82, 2.24) is 20.2 Å². The fourth-order valence-electron chi connectivity index (χ4n) is 1.29. The van der Waals surface area contributed by atoms with Gasteiger partial charge in [-0.25, -0.2) is 9.78 Å². The maximum Gasteiger partial charge on any atom is 0.360 e. The van der Waals surface area contributed by atoms with Crippen LogP contribution in [0.15, 0.2) is 17.0 Å². The lowest BCUT2D eigenvalue weighted by molar-refractivity contribution is 0.0519. The summed E-state index contributed by atoms with van der Waals surface area (Å²) in [6.07, 6.45) is 3.35. The summed E-state index contributed by atoms with van der Waals surface area (Å²) in [6, 6.07) is 0.276. The number of rotatable bonds is 6. The number of carbonyl (C=O) groups is 1. The predicted molar refractivity (Wildman–Crippen MR) is 61.0 cm³/mol. The zero-order chi connectivity index (χ0) is 12.8. The van der Waals surface area contributed by atoms with Crippen LogP contribution < -0.4 is 5.32 Å². The van der Waals surface area contributed by atoms with E-state index in [2.05, 4.69) is 25.5 Å². The Morgan fingerprint density at radius 3 is 3.22 bits per heavy atom. The van der Waals surface area contributed by atoms with Crippen molar-refractivity contribution in [3.05, 3.63) is 24.1 Å². The van der Waals surface area contributed by atoms with Gasteiger partial charge in [0, 0.05) is 13.0 Å². The van der Waals surface area contributed by atoms with Crippen LogP contribution in [0.5, 0.6) is 0 Å². The molecule has 2 aromatic rings. The van der Waals surface area contributed by atoms with Crippen LogP contribution in [-0.4, -0.2) is 39.3 Å². The summed E-state index contributed by atoms with van der Waals surface area (Å²) in [6.45, 7) is 2.60. The topological polar surface area (TPSA) is 106 Å². The Bertz CT molecular complexity index is 493. The number of hydrogen-bond acceptors (Lipinski definition) is 7. The quantitative estimate of drug-likeness (QED) is 0.725. The molecule has 0 atom stereocenters. The van der Waals surface area contributed by atoms with Gasteiger partial charge in [0.25, 0.3) is 6.01 Å². The molecule has 0 bridgehead atoms. The van der Waals surface area contributed by atoms with Crippen molar-refractivity contribution in [2.75, 3.05) is 18.5 Å². The molecule has 2 rings (SSSR count). The summed E-state index contributed by atoms with van der Waals surface area (Å²) in [5.41, 5.74) is 0.152. The van der Waals surface area contributed by atoms with Crippen LogP contribution in [0.3, 0.4) is 0 Å². The molecule has 0 aliphatic rings. The van der Waals surface area contributed by atoms with Gasteiger partial charge in [0.15, 0.2) is 5.69 Å². The smallest absolute Gasteiger partial charge is 0.360 e. The lowest BCUT2D eigenvalue weighted by Crippen LogP contribution is -2.08. The third kappa shape index (κ3) is 3.06. The molecule has 96 valence electrons. The molecule has 0 aliphatic carbocycles. The van der Waals surface area contributed by atoms with Crippen LogP contribution in [-0.2, 0) is 11.2 Å². The summed E-state index contributed by atoms with van der Waals surface area (Å²) in [7, 11) is 0. The second-order valence-corrected chi connectivity index (χ2v) is 3.37. The van der Waals surface area contributed by atoms with Crippen LogP contribution in [0, 0.1) is 0 Å². The van der Waals surface area contributed by atoms with Crippen molar-refractivity contribution >= 4 is 12.0 Å². The maximum absolute atomic E-state index is 11.3. The highest BCUT2D eigenvalue weighted by Crippen LogP contribution is 2.08. The van der Waals surface area contributed by atoms with Gasteiger partial charge in [0.2, 0.25) is 0 Å². The molecule has 0 saturated heterocycles. The SMILES string of the molecule is CCOC(=O)c1coc(NCCc2ncn[nH]2)n1. The number of oxazole rings is 1. The normalized spacial score (nSPS) is 10.3. The second kappa shape index (κ2) is 5.80. The Kier molecular flexibility index (Phi) is 3.90. The molecular weight excluding hydrogens is 238 g/mol. The lowest BCUT2D eigenvalue weighted by atomic mass is 10.4. The summed E-state index contributed by atoms with van der Waals surface area (Å²) < 4.78 is 9.87. The molecule has 0 unspecified atom stereocenters. The molecule has 0 aromatic carbocycles. The van der Waals surface area contributed by atoms with Gasteiger partial charge in [-0.15, -0.1) is 0 Å².